The molecule has 101 heavy (non-hydrogen) atoms. The van der Waals surface area contributed by atoms with Crippen LogP contribution < -0.4 is 9.47 Å². The highest BCUT2D eigenvalue weighted by atomic mass is 19.1. The van der Waals surface area contributed by atoms with Gasteiger partial charge >= 0.3 is 0 Å². The van der Waals surface area contributed by atoms with Crippen molar-refractivity contribution < 1.29 is 13.9 Å². The molecule has 3 saturated carbocycles. The van der Waals surface area contributed by atoms with Crippen molar-refractivity contribution in [2.45, 2.75) is 314 Å². The number of hydrogen-bond acceptors (Lipinski definition) is 2. The van der Waals surface area contributed by atoms with Crippen LogP contribution >= 0.6 is 0 Å². The van der Waals surface area contributed by atoms with E-state index in [9.17, 15) is 4.39 Å². The summed E-state index contributed by atoms with van der Waals surface area (Å²) in [6.45, 7) is 68.4. The van der Waals surface area contributed by atoms with Crippen LogP contribution in [0.4, 0.5) is 4.39 Å². The van der Waals surface area contributed by atoms with Gasteiger partial charge in [0.15, 0.2) is 0 Å². The smallest absolute Gasteiger partial charge is 0.126 e. The largest absolute Gasteiger partial charge is 0.497 e. The van der Waals surface area contributed by atoms with Gasteiger partial charge in [0.25, 0.3) is 0 Å². The highest BCUT2D eigenvalue weighted by molar-refractivity contribution is 5.42. The third kappa shape index (κ3) is 30.6. The van der Waals surface area contributed by atoms with Gasteiger partial charge in [0.2, 0.25) is 0 Å². The van der Waals surface area contributed by atoms with Gasteiger partial charge < -0.3 is 9.47 Å². The molecule has 3 aliphatic rings. The van der Waals surface area contributed by atoms with Crippen molar-refractivity contribution in [2.75, 3.05) is 14.2 Å². The molecule has 0 amide bonds. The van der Waals surface area contributed by atoms with Crippen LogP contribution in [0.3, 0.4) is 0 Å². The highest BCUT2D eigenvalue weighted by Crippen LogP contribution is 2.44. The molecular formula is C98H141FO2. The van der Waals surface area contributed by atoms with Crippen molar-refractivity contribution in [3.63, 3.8) is 0 Å². The van der Waals surface area contributed by atoms with E-state index in [0.717, 1.165) is 47.3 Å². The third-order valence-corrected chi connectivity index (χ3v) is 19.3. The number of halogens is 1. The van der Waals surface area contributed by atoms with Gasteiger partial charge in [-0.25, -0.2) is 4.39 Å². The molecule has 0 N–H and O–H groups in total. The summed E-state index contributed by atoms with van der Waals surface area (Å²) in [4.78, 5) is 0. The van der Waals surface area contributed by atoms with Gasteiger partial charge in [0, 0.05) is 0 Å². The van der Waals surface area contributed by atoms with Gasteiger partial charge in [0.1, 0.15) is 17.3 Å². The van der Waals surface area contributed by atoms with E-state index >= 15 is 0 Å². The number of methoxy groups -OCH3 is 2. The lowest BCUT2D eigenvalue weighted by molar-refractivity contribution is 0.412. The summed E-state index contributed by atoms with van der Waals surface area (Å²) in [6.07, 6.45) is 7.80. The Balaban J connectivity index is 0.000000245. The zero-order chi connectivity index (χ0) is 76.6. The predicted octanol–water partition coefficient (Wildman–Crippen LogP) is 28.8. The van der Waals surface area contributed by atoms with Gasteiger partial charge in [-0.2, -0.15) is 0 Å². The molecule has 3 heteroatoms. The number of aryl methyl sites for hydroxylation is 7. The fourth-order valence-corrected chi connectivity index (χ4v) is 11.6. The molecule has 2 nitrogen and oxygen atoms in total. The summed E-state index contributed by atoms with van der Waals surface area (Å²) in [5.74, 6) is 4.12. The van der Waals surface area contributed by atoms with E-state index in [4.69, 9.17) is 9.47 Å². The Bertz CT molecular complexity index is 3800. The number of benzene rings is 8. The maximum atomic E-state index is 13.7. The first kappa shape index (κ1) is 86.7. The first-order valence-electron chi connectivity index (χ1n) is 37.9. The molecule has 0 spiro atoms. The van der Waals surface area contributed by atoms with E-state index in [1.807, 2.05) is 6.07 Å². The lowest BCUT2D eigenvalue weighted by Crippen LogP contribution is -2.12. The van der Waals surface area contributed by atoms with E-state index in [-0.39, 0.29) is 43.7 Å². The fraction of sp³-hybridized carbons (Fsp3) is 0.510. The first-order chi connectivity index (χ1) is 46.3. The molecule has 0 radical (unpaired) electrons. The summed E-state index contributed by atoms with van der Waals surface area (Å²) in [7, 11) is 3.46. The van der Waals surface area contributed by atoms with Crippen molar-refractivity contribution in [3.8, 4) is 11.5 Å². The van der Waals surface area contributed by atoms with Crippen molar-refractivity contribution in [1.82, 2.24) is 0 Å². The van der Waals surface area contributed by atoms with Crippen molar-refractivity contribution in [3.05, 3.63) is 270 Å². The van der Waals surface area contributed by atoms with E-state index in [2.05, 4.69) is 366 Å². The third-order valence-electron chi connectivity index (χ3n) is 19.3. The Morgan fingerprint density at radius 2 is 0.624 bits per heavy atom. The average Bonchev–Trinajstić information content (AvgIpc) is 1.84. The normalized spacial score (nSPS) is 13.9. The van der Waals surface area contributed by atoms with Crippen LogP contribution in [-0.2, 0) is 43.3 Å². The second-order valence-electron chi connectivity index (χ2n) is 37.8. The summed E-state index contributed by atoms with van der Waals surface area (Å²) in [6, 6.07) is 58.8. The Labute approximate surface area is 619 Å². The minimum Gasteiger partial charge on any atom is -0.497 e. The van der Waals surface area contributed by atoms with E-state index in [1.165, 1.54) is 115 Å². The number of hydrogen-bond donors (Lipinski definition) is 0. The quantitative estimate of drug-likeness (QED) is 0.171. The highest BCUT2D eigenvalue weighted by Gasteiger charge is 2.29. The molecule has 3 aliphatic carbocycles. The minimum atomic E-state index is -0.0140. The van der Waals surface area contributed by atoms with Crippen molar-refractivity contribution in [1.29, 1.82) is 0 Å². The molecular weight excluding hydrogens is 1230 g/mol. The predicted molar refractivity (Wildman–Crippen MR) is 443 cm³/mol. The van der Waals surface area contributed by atoms with Gasteiger partial charge in [-0.15, -0.1) is 0 Å². The zero-order valence-corrected chi connectivity index (χ0v) is 70.3. The van der Waals surface area contributed by atoms with Crippen LogP contribution in [0.2, 0.25) is 0 Å². The van der Waals surface area contributed by atoms with Gasteiger partial charge in [-0.1, -0.05) is 316 Å². The van der Waals surface area contributed by atoms with Gasteiger partial charge in [-0.3, -0.25) is 0 Å². The van der Waals surface area contributed by atoms with Crippen LogP contribution in [0.1, 0.15) is 323 Å². The zero-order valence-electron chi connectivity index (χ0n) is 70.3. The van der Waals surface area contributed by atoms with Crippen LogP contribution in [0, 0.1) is 54.3 Å². The molecule has 8 aromatic rings. The van der Waals surface area contributed by atoms with Gasteiger partial charge in [-0.05, 0) is 262 Å². The monoisotopic (exact) mass is 1370 g/mol. The molecule has 0 aromatic heterocycles. The van der Waals surface area contributed by atoms with Crippen molar-refractivity contribution >= 4 is 0 Å². The maximum absolute atomic E-state index is 13.7. The minimum absolute atomic E-state index is 0.0140. The van der Waals surface area contributed by atoms with Crippen molar-refractivity contribution in [2.24, 2.45) is 0 Å². The second kappa shape index (κ2) is 36.1. The fourth-order valence-electron chi connectivity index (χ4n) is 11.6. The Morgan fingerprint density at radius 1 is 0.267 bits per heavy atom. The van der Waals surface area contributed by atoms with Crippen LogP contribution in [0.5, 0.6) is 11.5 Å². The maximum Gasteiger partial charge on any atom is 0.126 e. The molecule has 0 heterocycles. The molecule has 552 valence electrons. The lowest BCUT2D eigenvalue weighted by Gasteiger charge is -2.21. The van der Waals surface area contributed by atoms with E-state index < -0.39 is 0 Å². The standard InChI is InChI=1S/C14H20O.C13H17F.C13H18.C12H18O.2C12H18.2C11H16/c1-14(2,3)12-7-11(10-5-6-10)8-13(9-12)15-4;1-13(2,3)10-6-7-11(9-4-5-9)12(14)8-10;1-13(2,3)12-8-6-11(7-9-12)10-4-5-10;1-9-6-10(12(2,3)4)8-11(7-9)13-5;1-9-6-10(2)8-11(7-9)12(3,4)5;1-9-6-7-11(8-10(9)2)12(3,4)5;1-9-5-7-10(8-6-9)11(2,3)4;1-9-7-5-6-8-10(9)11(2,3)4/h7-10H,5-6H2,1-4H3;6-9H,4-5H2,1-3H3;6-10H,4-5H2,1-3H3;6-8H,1-5H3;2*6-8H,1-5H3;2*5-8H,1-4H3. The summed E-state index contributed by atoms with van der Waals surface area (Å²) in [5.41, 5.74) is 26.2. The Hall–Kier alpha value is -6.71. The molecule has 0 bridgehead atoms. The lowest BCUT2D eigenvalue weighted by atomic mass is 9.84. The topological polar surface area (TPSA) is 18.5 Å². The molecule has 0 saturated heterocycles. The summed E-state index contributed by atoms with van der Waals surface area (Å²) < 4.78 is 24.3. The Kier molecular flexibility index (Phi) is 31.0. The Morgan fingerprint density at radius 3 is 1.00 bits per heavy atom. The van der Waals surface area contributed by atoms with Crippen LogP contribution in [0.15, 0.2) is 164 Å². The SMILES string of the molecule is CC(C)(C)c1ccc(C2CC2)c(F)c1.CC(C)(C)c1ccc(C2CC2)cc1.COc1cc(C)cc(C(C)(C)C)c1.COc1cc(C2CC2)cc(C(C)(C)C)c1.Cc1cc(C)cc(C(C)(C)C)c1.Cc1ccc(C(C)(C)C)cc1.Cc1ccc(C(C)(C)C)cc1C.Cc1ccccc1C(C)(C)C. The molecule has 0 aliphatic heterocycles. The van der Waals surface area contributed by atoms with Crippen LogP contribution in [-0.4, -0.2) is 14.2 Å². The summed E-state index contributed by atoms with van der Waals surface area (Å²) in [5, 5.41) is 0. The second-order valence-corrected chi connectivity index (χ2v) is 37.8. The van der Waals surface area contributed by atoms with Gasteiger partial charge in [0.05, 0.1) is 14.2 Å². The van der Waals surface area contributed by atoms with E-state index in [1.54, 1.807) is 20.3 Å². The average molecular weight is 1370 g/mol. The summed E-state index contributed by atoms with van der Waals surface area (Å²) >= 11 is 0. The number of ether oxygens (including phenoxy) is 2. The molecule has 11 rings (SSSR count). The van der Waals surface area contributed by atoms with Crippen LogP contribution in [0.25, 0.3) is 0 Å². The number of rotatable bonds is 5. The molecule has 8 aromatic carbocycles. The molecule has 0 atom stereocenters. The molecule has 3 fully saturated rings. The first-order valence-corrected chi connectivity index (χ1v) is 37.9. The molecule has 0 unspecified atom stereocenters. The van der Waals surface area contributed by atoms with E-state index in [0.29, 0.717) is 11.3 Å².